The van der Waals surface area contributed by atoms with Crippen LogP contribution in [0.5, 0.6) is 11.5 Å². The summed E-state index contributed by atoms with van der Waals surface area (Å²) >= 11 is 0. The maximum absolute atomic E-state index is 7.80. The molecule has 0 atom stereocenters. The Kier molecular flexibility index (Phi) is 7.81. The first-order valence-electron chi connectivity index (χ1n) is 17.1. The van der Waals surface area contributed by atoms with E-state index in [0.29, 0.717) is 28.7 Å². The Labute approximate surface area is 303 Å². The Morgan fingerprint density at radius 2 is 0.962 bits per heavy atom. The topological polar surface area (TPSA) is 52.3 Å². The third-order valence-corrected chi connectivity index (χ3v) is 14.5. The number of hydrogen-bond donors (Lipinski definition) is 0. The molecule has 6 heteroatoms. The molecule has 0 unspecified atom stereocenters. The number of para-hydroxylation sites is 3. The van der Waals surface area contributed by atoms with Crippen LogP contribution in [0.25, 0.3) is 50.1 Å². The summed E-state index contributed by atoms with van der Waals surface area (Å²) in [6.07, 6.45) is 0. The van der Waals surface area contributed by atoms with Crippen LogP contribution >= 0.6 is 0 Å². The Morgan fingerprint density at radius 3 is 1.69 bits per heavy atom. The van der Waals surface area contributed by atoms with Gasteiger partial charge in [-0.1, -0.05) is 170 Å². The largest absolute Gasteiger partial charge is 0.457 e. The van der Waals surface area contributed by atoms with Crippen LogP contribution < -0.4 is 25.5 Å². The first-order valence-corrected chi connectivity index (χ1v) is 19.1. The van der Waals surface area contributed by atoms with Crippen LogP contribution in [0.1, 0.15) is 0 Å². The molecule has 8 aromatic rings. The highest BCUT2D eigenvalue weighted by Gasteiger charge is 2.48. The lowest BCUT2D eigenvalue weighted by Crippen LogP contribution is -2.76. The van der Waals surface area contributed by atoms with Crippen LogP contribution in [0.4, 0.5) is 5.69 Å². The lowest BCUT2D eigenvalue weighted by molar-refractivity contribution is 0.489. The van der Waals surface area contributed by atoms with Crippen LogP contribution in [0.15, 0.2) is 182 Å². The number of fused-ring (bicyclic) bond motifs is 2. The van der Waals surface area contributed by atoms with Gasteiger partial charge in [-0.05, 0) is 38.4 Å². The van der Waals surface area contributed by atoms with Gasteiger partial charge in [0.05, 0.1) is 6.57 Å². The Hall–Kier alpha value is -6.94. The van der Waals surface area contributed by atoms with E-state index in [1.165, 1.54) is 20.7 Å². The van der Waals surface area contributed by atoms with Crippen molar-refractivity contribution in [3.05, 3.63) is 193 Å². The van der Waals surface area contributed by atoms with Crippen molar-refractivity contribution in [3.8, 4) is 56.8 Å². The number of benzene rings is 7. The summed E-state index contributed by atoms with van der Waals surface area (Å²) in [4.78, 5) is 18.6. The molecule has 244 valence electrons. The maximum Gasteiger partial charge on any atom is 0.198 e. The zero-order chi connectivity index (χ0) is 34.9. The molecule has 1 aliphatic heterocycles. The van der Waals surface area contributed by atoms with Crippen LogP contribution in [0.2, 0.25) is 0 Å². The van der Waals surface area contributed by atoms with E-state index >= 15 is 0 Å². The highest BCUT2D eigenvalue weighted by molar-refractivity contribution is 7.20. The third kappa shape index (κ3) is 5.20. The number of aromatic nitrogens is 3. The van der Waals surface area contributed by atoms with Gasteiger partial charge in [-0.3, -0.25) is 0 Å². The number of nitrogens with zero attached hydrogens (tertiary/aromatic N) is 4. The monoisotopic (exact) mass is 682 g/mol. The molecule has 1 aromatic heterocycles. The SMILES string of the molecule is [C-]#[N+]c1ccccc1-c1nc(-c2ccccc2)nc(-c2cccc(-c3cccc4c3Oc3ccccc3[Si]4(c3ccccc3)c3ccccc3)c2)n1. The Morgan fingerprint density at radius 1 is 0.442 bits per heavy atom. The van der Waals surface area contributed by atoms with Crippen LogP contribution in [0.3, 0.4) is 0 Å². The van der Waals surface area contributed by atoms with Crippen molar-refractivity contribution < 1.29 is 4.74 Å². The lowest BCUT2D eigenvalue weighted by Gasteiger charge is -2.40. The van der Waals surface area contributed by atoms with Gasteiger partial charge in [0, 0.05) is 22.3 Å². The zero-order valence-corrected chi connectivity index (χ0v) is 29.0. The van der Waals surface area contributed by atoms with Crippen LogP contribution in [0, 0.1) is 6.57 Å². The summed E-state index contributed by atoms with van der Waals surface area (Å²) in [5.74, 6) is 3.28. The summed E-state index contributed by atoms with van der Waals surface area (Å²) in [5, 5.41) is 5.04. The minimum atomic E-state index is -2.80. The molecule has 0 N–H and O–H groups in total. The quantitative estimate of drug-likeness (QED) is 0.130. The molecule has 5 nitrogen and oxygen atoms in total. The highest BCUT2D eigenvalue weighted by atomic mass is 28.3. The van der Waals surface area contributed by atoms with Gasteiger partial charge in [0.25, 0.3) is 0 Å². The first-order chi connectivity index (χ1) is 25.7. The second kappa shape index (κ2) is 13.1. The molecule has 0 spiro atoms. The summed E-state index contributed by atoms with van der Waals surface area (Å²) in [6.45, 7) is 7.80. The van der Waals surface area contributed by atoms with Gasteiger partial charge >= 0.3 is 0 Å². The Balaban J connectivity index is 1.25. The van der Waals surface area contributed by atoms with Crippen molar-refractivity contribution in [1.82, 2.24) is 15.0 Å². The molecule has 0 aliphatic carbocycles. The Bertz CT molecular complexity index is 2580. The minimum Gasteiger partial charge on any atom is -0.457 e. The molecule has 2 heterocycles. The third-order valence-electron chi connectivity index (χ3n) is 9.70. The fraction of sp³-hybridized carbons (Fsp3) is 0. The van der Waals surface area contributed by atoms with E-state index in [0.717, 1.165) is 33.8 Å². The second-order valence-electron chi connectivity index (χ2n) is 12.6. The molecule has 0 saturated heterocycles. The smallest absolute Gasteiger partial charge is 0.198 e. The fourth-order valence-electron chi connectivity index (χ4n) is 7.38. The molecule has 1 aliphatic rings. The van der Waals surface area contributed by atoms with Crippen LogP contribution in [-0.2, 0) is 0 Å². The van der Waals surface area contributed by atoms with E-state index in [4.69, 9.17) is 26.3 Å². The standard InChI is InChI=1S/C46H30N4OSi/c1-47-39-27-12-11-25-38(39)46-49-44(32-17-5-2-6-18-32)48-45(50-46)34-20-15-19-33(31-34)37-26-16-30-42-43(37)51-40-28-13-14-29-41(40)52(42,35-21-7-3-8-22-35)36-23-9-4-10-24-36/h2-31H. The van der Waals surface area contributed by atoms with Gasteiger partial charge in [0.1, 0.15) is 11.5 Å². The molecule has 0 fully saturated rings. The fourth-order valence-corrected chi connectivity index (χ4v) is 12.4. The lowest BCUT2D eigenvalue weighted by atomic mass is 10.0. The summed E-state index contributed by atoms with van der Waals surface area (Å²) < 4.78 is 6.95. The van der Waals surface area contributed by atoms with Gasteiger partial charge in [-0.15, -0.1) is 0 Å². The molecule has 0 saturated carbocycles. The van der Waals surface area contributed by atoms with Crippen molar-refractivity contribution in [1.29, 1.82) is 0 Å². The van der Waals surface area contributed by atoms with E-state index in [9.17, 15) is 0 Å². The van der Waals surface area contributed by atoms with Crippen molar-refractivity contribution in [2.45, 2.75) is 0 Å². The molecule has 52 heavy (non-hydrogen) atoms. The number of hydrogen-bond acceptors (Lipinski definition) is 4. The van der Waals surface area contributed by atoms with Gasteiger partial charge in [-0.25, -0.2) is 19.8 Å². The van der Waals surface area contributed by atoms with Crippen molar-refractivity contribution in [2.75, 3.05) is 0 Å². The van der Waals surface area contributed by atoms with Crippen molar-refractivity contribution in [2.24, 2.45) is 0 Å². The number of ether oxygens (including phenoxy) is 1. The first kappa shape index (κ1) is 31.1. The summed E-state index contributed by atoms with van der Waals surface area (Å²) in [7, 11) is -2.80. The molecule has 9 rings (SSSR count). The van der Waals surface area contributed by atoms with E-state index < -0.39 is 8.07 Å². The average molecular weight is 683 g/mol. The van der Waals surface area contributed by atoms with Gasteiger partial charge in [0.15, 0.2) is 31.2 Å². The minimum absolute atomic E-state index is 0.458. The highest BCUT2D eigenvalue weighted by Crippen LogP contribution is 2.38. The maximum atomic E-state index is 7.80. The molecule has 0 radical (unpaired) electrons. The molecule has 0 amide bonds. The zero-order valence-electron chi connectivity index (χ0n) is 28.0. The molecular weight excluding hydrogens is 653 g/mol. The average Bonchev–Trinajstić information content (AvgIpc) is 3.23. The number of rotatable bonds is 6. The van der Waals surface area contributed by atoms with Gasteiger partial charge < -0.3 is 4.74 Å². The van der Waals surface area contributed by atoms with Crippen molar-refractivity contribution >= 4 is 34.5 Å². The normalized spacial score (nSPS) is 12.5. The molecule has 0 bridgehead atoms. The second-order valence-corrected chi connectivity index (χ2v) is 16.4. The van der Waals surface area contributed by atoms with E-state index in [-0.39, 0.29) is 0 Å². The van der Waals surface area contributed by atoms with Gasteiger partial charge in [0.2, 0.25) is 0 Å². The molecular formula is C46H30N4OSi. The predicted molar refractivity (Wildman–Crippen MR) is 212 cm³/mol. The van der Waals surface area contributed by atoms with Crippen molar-refractivity contribution in [3.63, 3.8) is 0 Å². The van der Waals surface area contributed by atoms with E-state index in [1.807, 2.05) is 60.7 Å². The summed E-state index contributed by atoms with van der Waals surface area (Å²) in [5.41, 5.74) is 4.85. The predicted octanol–water partition coefficient (Wildman–Crippen LogP) is 8.57. The van der Waals surface area contributed by atoms with Gasteiger partial charge in [-0.2, -0.15) is 0 Å². The summed E-state index contributed by atoms with van der Waals surface area (Å²) in [6, 6.07) is 62.5. The van der Waals surface area contributed by atoms with E-state index in [1.54, 1.807) is 6.07 Å². The van der Waals surface area contributed by atoms with Crippen LogP contribution in [-0.4, -0.2) is 23.0 Å². The van der Waals surface area contributed by atoms with E-state index in [2.05, 4.69) is 120 Å². The molecule has 7 aromatic carbocycles.